The number of aromatic nitrogens is 4. The topological polar surface area (TPSA) is 69.1 Å². The standard InChI is InChI=1S/C11H14ClN5/c12-9-4-5-10-14-15-11(17(10)16-9)7-2-1-3-8(13)6-7/h4-5,7-8H,1-3,6,13H2/t7-,8+/m0/s1. The molecule has 2 N–H and O–H groups in total. The fourth-order valence-corrected chi connectivity index (χ4v) is 2.64. The van der Waals surface area contributed by atoms with Gasteiger partial charge in [0, 0.05) is 12.0 Å². The molecule has 0 saturated heterocycles. The summed E-state index contributed by atoms with van der Waals surface area (Å²) in [6.45, 7) is 0. The number of rotatable bonds is 1. The van der Waals surface area contributed by atoms with Crippen molar-refractivity contribution in [1.82, 2.24) is 19.8 Å². The Balaban J connectivity index is 2.01. The third-order valence-corrected chi connectivity index (χ3v) is 3.54. The molecule has 6 heteroatoms. The highest BCUT2D eigenvalue weighted by atomic mass is 35.5. The molecular formula is C11H14ClN5. The van der Waals surface area contributed by atoms with Crippen LogP contribution in [0, 0.1) is 0 Å². The summed E-state index contributed by atoms with van der Waals surface area (Å²) < 4.78 is 1.74. The van der Waals surface area contributed by atoms with Gasteiger partial charge in [-0.25, -0.2) is 0 Å². The molecule has 0 bridgehead atoms. The maximum Gasteiger partial charge on any atom is 0.178 e. The Labute approximate surface area is 104 Å². The summed E-state index contributed by atoms with van der Waals surface area (Å²) in [5.41, 5.74) is 6.74. The minimum Gasteiger partial charge on any atom is -0.328 e. The highest BCUT2D eigenvalue weighted by molar-refractivity contribution is 6.29. The fourth-order valence-electron chi connectivity index (χ4n) is 2.50. The maximum atomic E-state index is 6.00. The lowest BCUT2D eigenvalue weighted by atomic mass is 9.86. The van der Waals surface area contributed by atoms with E-state index in [0.29, 0.717) is 11.1 Å². The van der Waals surface area contributed by atoms with Gasteiger partial charge in [-0.05, 0) is 31.4 Å². The van der Waals surface area contributed by atoms with Crippen molar-refractivity contribution in [3.8, 4) is 0 Å². The molecule has 0 spiro atoms. The predicted octanol–water partition coefficient (Wildman–Crippen LogP) is 1.76. The monoisotopic (exact) mass is 251 g/mol. The van der Waals surface area contributed by atoms with Crippen LogP contribution >= 0.6 is 11.6 Å². The Morgan fingerprint density at radius 3 is 3.00 bits per heavy atom. The normalized spacial score (nSPS) is 25.3. The summed E-state index contributed by atoms with van der Waals surface area (Å²) >= 11 is 5.90. The third kappa shape index (κ3) is 2.00. The van der Waals surface area contributed by atoms with Crippen molar-refractivity contribution in [2.75, 3.05) is 0 Å². The van der Waals surface area contributed by atoms with Crippen molar-refractivity contribution < 1.29 is 0 Å². The largest absolute Gasteiger partial charge is 0.328 e. The summed E-state index contributed by atoms with van der Waals surface area (Å²) in [5.74, 6) is 1.23. The molecule has 1 aliphatic carbocycles. The molecular weight excluding hydrogens is 238 g/mol. The lowest BCUT2D eigenvalue weighted by Gasteiger charge is -2.24. The zero-order valence-corrected chi connectivity index (χ0v) is 10.1. The smallest absolute Gasteiger partial charge is 0.178 e. The SMILES string of the molecule is N[C@@H]1CCC[C@H](c2nnc3ccc(Cl)nn23)C1. The van der Waals surface area contributed by atoms with Crippen LogP contribution in [0.2, 0.25) is 5.15 Å². The van der Waals surface area contributed by atoms with Gasteiger partial charge in [0.1, 0.15) is 5.15 Å². The van der Waals surface area contributed by atoms with E-state index in [1.165, 1.54) is 0 Å². The Bertz CT molecular complexity index is 538. The van der Waals surface area contributed by atoms with Gasteiger partial charge in [0.15, 0.2) is 11.5 Å². The van der Waals surface area contributed by atoms with E-state index in [2.05, 4.69) is 15.3 Å². The molecule has 0 amide bonds. The zero-order valence-electron chi connectivity index (χ0n) is 9.38. The lowest BCUT2D eigenvalue weighted by molar-refractivity contribution is 0.378. The number of halogens is 1. The second-order valence-electron chi connectivity index (χ2n) is 4.61. The molecule has 1 saturated carbocycles. The Kier molecular flexibility index (Phi) is 2.72. The predicted molar refractivity (Wildman–Crippen MR) is 65.0 cm³/mol. The van der Waals surface area contributed by atoms with E-state index < -0.39 is 0 Å². The molecule has 5 nitrogen and oxygen atoms in total. The minimum atomic E-state index is 0.264. The number of nitrogens with zero attached hydrogens (tertiary/aromatic N) is 4. The summed E-state index contributed by atoms with van der Waals surface area (Å²) in [6.07, 6.45) is 4.29. The lowest BCUT2D eigenvalue weighted by Crippen LogP contribution is -2.27. The third-order valence-electron chi connectivity index (χ3n) is 3.33. The van der Waals surface area contributed by atoms with Gasteiger partial charge >= 0.3 is 0 Å². The van der Waals surface area contributed by atoms with Crippen molar-refractivity contribution in [2.24, 2.45) is 5.73 Å². The van der Waals surface area contributed by atoms with Crippen molar-refractivity contribution >= 4 is 17.2 Å². The highest BCUT2D eigenvalue weighted by Crippen LogP contribution is 2.31. The molecule has 2 aromatic heterocycles. The van der Waals surface area contributed by atoms with Gasteiger partial charge in [-0.1, -0.05) is 18.0 Å². The molecule has 90 valence electrons. The Morgan fingerprint density at radius 2 is 2.18 bits per heavy atom. The number of hydrogen-bond acceptors (Lipinski definition) is 4. The van der Waals surface area contributed by atoms with E-state index in [1.807, 2.05) is 6.07 Å². The van der Waals surface area contributed by atoms with Gasteiger partial charge in [-0.2, -0.15) is 9.61 Å². The molecule has 17 heavy (non-hydrogen) atoms. The van der Waals surface area contributed by atoms with Gasteiger partial charge in [0.05, 0.1) is 0 Å². The fraction of sp³-hybridized carbons (Fsp3) is 0.545. The van der Waals surface area contributed by atoms with Crippen LogP contribution in [-0.4, -0.2) is 25.9 Å². The zero-order chi connectivity index (χ0) is 11.8. The van der Waals surface area contributed by atoms with Crippen LogP contribution in [0.4, 0.5) is 0 Å². The van der Waals surface area contributed by atoms with Crippen LogP contribution in [-0.2, 0) is 0 Å². The molecule has 0 radical (unpaired) electrons. The first-order valence-corrected chi connectivity index (χ1v) is 6.25. The van der Waals surface area contributed by atoms with Crippen LogP contribution in [0.3, 0.4) is 0 Å². The van der Waals surface area contributed by atoms with Crippen LogP contribution in [0.15, 0.2) is 12.1 Å². The van der Waals surface area contributed by atoms with Crippen LogP contribution in [0.5, 0.6) is 0 Å². The van der Waals surface area contributed by atoms with Crippen molar-refractivity contribution in [1.29, 1.82) is 0 Å². The molecule has 0 aliphatic heterocycles. The van der Waals surface area contributed by atoms with E-state index >= 15 is 0 Å². The average Bonchev–Trinajstić information content (AvgIpc) is 2.71. The molecule has 2 atom stereocenters. The van der Waals surface area contributed by atoms with Crippen molar-refractivity contribution in [3.63, 3.8) is 0 Å². The van der Waals surface area contributed by atoms with E-state index in [9.17, 15) is 0 Å². The molecule has 0 aromatic carbocycles. The summed E-state index contributed by atoms with van der Waals surface area (Å²) in [6, 6.07) is 3.82. The molecule has 1 aliphatic rings. The first-order valence-electron chi connectivity index (χ1n) is 5.87. The van der Waals surface area contributed by atoms with Gasteiger partial charge in [0.25, 0.3) is 0 Å². The Hall–Kier alpha value is -1.20. The summed E-state index contributed by atoms with van der Waals surface area (Å²) in [4.78, 5) is 0. The van der Waals surface area contributed by atoms with E-state index in [1.54, 1.807) is 10.6 Å². The van der Waals surface area contributed by atoms with Crippen molar-refractivity contribution in [2.45, 2.75) is 37.6 Å². The van der Waals surface area contributed by atoms with Crippen LogP contribution in [0.25, 0.3) is 5.65 Å². The maximum absolute atomic E-state index is 6.00. The number of hydrogen-bond donors (Lipinski definition) is 1. The van der Waals surface area contributed by atoms with E-state index in [4.69, 9.17) is 17.3 Å². The molecule has 3 rings (SSSR count). The summed E-state index contributed by atoms with van der Waals surface area (Å²) in [7, 11) is 0. The first-order chi connectivity index (χ1) is 8.24. The van der Waals surface area contributed by atoms with Crippen molar-refractivity contribution in [3.05, 3.63) is 23.1 Å². The quantitative estimate of drug-likeness (QED) is 0.839. The number of fused-ring (bicyclic) bond motifs is 1. The van der Waals surface area contributed by atoms with Crippen LogP contribution < -0.4 is 5.73 Å². The van der Waals surface area contributed by atoms with Gasteiger partial charge in [0.2, 0.25) is 0 Å². The summed E-state index contributed by atoms with van der Waals surface area (Å²) in [5, 5.41) is 13.1. The minimum absolute atomic E-state index is 0.264. The van der Waals surface area contributed by atoms with Gasteiger partial charge < -0.3 is 5.73 Å². The Morgan fingerprint density at radius 1 is 1.29 bits per heavy atom. The van der Waals surface area contributed by atoms with E-state index in [0.717, 1.165) is 37.2 Å². The van der Waals surface area contributed by atoms with Crippen LogP contribution in [0.1, 0.15) is 37.4 Å². The van der Waals surface area contributed by atoms with Gasteiger partial charge in [-0.15, -0.1) is 10.2 Å². The van der Waals surface area contributed by atoms with Gasteiger partial charge in [-0.3, -0.25) is 0 Å². The van der Waals surface area contributed by atoms with E-state index in [-0.39, 0.29) is 6.04 Å². The first kappa shape index (κ1) is 10.9. The number of nitrogens with two attached hydrogens (primary N) is 1. The molecule has 0 unspecified atom stereocenters. The molecule has 2 aromatic rings. The highest BCUT2D eigenvalue weighted by Gasteiger charge is 2.25. The molecule has 1 fully saturated rings. The molecule has 2 heterocycles. The second kappa shape index (κ2) is 4.23. The second-order valence-corrected chi connectivity index (χ2v) is 5.00. The average molecular weight is 252 g/mol.